The van der Waals surface area contributed by atoms with Gasteiger partial charge in [0.1, 0.15) is 17.6 Å². The highest BCUT2D eigenvalue weighted by molar-refractivity contribution is 7.99. The molecule has 0 spiro atoms. The second kappa shape index (κ2) is 3.10. The fraction of sp³-hybridized carbons (Fsp3) is 1.00. The topological polar surface area (TPSA) is 64.7 Å². The number of hydrogen-bond acceptors (Lipinski definition) is 5. The Hall–Kier alpha value is 0.190. The number of fused-ring (bicyclic) bond motifs is 1. The maximum atomic E-state index is 9.63. The van der Waals surface area contributed by atoms with E-state index in [-0.39, 0.29) is 18.2 Å². The molecule has 0 aromatic carbocycles. The van der Waals surface area contributed by atoms with Gasteiger partial charge in [-0.2, -0.15) is 0 Å². The van der Waals surface area contributed by atoms with Crippen molar-refractivity contribution in [3.05, 3.63) is 0 Å². The first-order valence-corrected chi connectivity index (χ1v) is 5.45. The molecule has 2 saturated heterocycles. The van der Waals surface area contributed by atoms with Gasteiger partial charge in [-0.3, -0.25) is 0 Å². The SMILES string of the molecule is CC1(C)OC2C(N)CSC(O)C2O1. The van der Waals surface area contributed by atoms with Gasteiger partial charge >= 0.3 is 0 Å². The highest BCUT2D eigenvalue weighted by Gasteiger charge is 2.50. The minimum Gasteiger partial charge on any atom is -0.380 e. The Morgan fingerprint density at radius 3 is 2.62 bits per heavy atom. The molecule has 13 heavy (non-hydrogen) atoms. The molecule has 0 saturated carbocycles. The van der Waals surface area contributed by atoms with E-state index < -0.39 is 11.2 Å². The Kier molecular flexibility index (Phi) is 2.32. The van der Waals surface area contributed by atoms with Crippen molar-refractivity contribution in [3.8, 4) is 0 Å². The zero-order valence-corrected chi connectivity index (χ0v) is 8.58. The Morgan fingerprint density at radius 1 is 1.38 bits per heavy atom. The molecule has 0 radical (unpaired) electrons. The van der Waals surface area contributed by atoms with Gasteiger partial charge in [0, 0.05) is 11.8 Å². The molecular weight excluding hydrogens is 190 g/mol. The first kappa shape index (κ1) is 9.73. The lowest BCUT2D eigenvalue weighted by Gasteiger charge is -2.31. The summed E-state index contributed by atoms with van der Waals surface area (Å²) in [5.41, 5.74) is 5.36. The van der Waals surface area contributed by atoms with E-state index >= 15 is 0 Å². The summed E-state index contributed by atoms with van der Waals surface area (Å²) >= 11 is 1.43. The Labute approximate surface area is 81.8 Å². The molecule has 4 atom stereocenters. The lowest BCUT2D eigenvalue weighted by molar-refractivity contribution is -0.150. The predicted molar refractivity (Wildman–Crippen MR) is 50.3 cm³/mol. The smallest absolute Gasteiger partial charge is 0.164 e. The van der Waals surface area contributed by atoms with Gasteiger partial charge < -0.3 is 20.3 Å². The van der Waals surface area contributed by atoms with E-state index in [1.165, 1.54) is 11.8 Å². The van der Waals surface area contributed by atoms with Gasteiger partial charge in [0.05, 0.1) is 0 Å². The average molecular weight is 205 g/mol. The normalized spacial score (nSPS) is 48.9. The van der Waals surface area contributed by atoms with Crippen LogP contribution in [0.3, 0.4) is 0 Å². The molecule has 0 aromatic heterocycles. The minimum atomic E-state index is -0.612. The molecule has 4 unspecified atom stereocenters. The summed E-state index contributed by atoms with van der Waals surface area (Å²) < 4.78 is 11.2. The van der Waals surface area contributed by atoms with Crippen LogP contribution < -0.4 is 5.73 Å². The molecule has 2 heterocycles. The van der Waals surface area contributed by atoms with Gasteiger partial charge in [0.25, 0.3) is 0 Å². The molecule has 2 aliphatic rings. The average Bonchev–Trinajstić information content (AvgIpc) is 2.35. The highest BCUT2D eigenvalue weighted by Crippen LogP contribution is 2.38. The molecule has 5 heteroatoms. The third-order valence-corrected chi connectivity index (χ3v) is 3.51. The van der Waals surface area contributed by atoms with Crippen LogP contribution in [-0.2, 0) is 9.47 Å². The van der Waals surface area contributed by atoms with Crippen molar-refractivity contribution in [1.29, 1.82) is 0 Å². The van der Waals surface area contributed by atoms with Crippen molar-refractivity contribution in [2.75, 3.05) is 5.75 Å². The van der Waals surface area contributed by atoms with Crippen molar-refractivity contribution in [3.63, 3.8) is 0 Å². The summed E-state index contributed by atoms with van der Waals surface area (Å²) in [5.74, 6) is 0.112. The van der Waals surface area contributed by atoms with Crippen LogP contribution in [0, 0.1) is 0 Å². The number of aliphatic hydroxyl groups excluding tert-OH is 1. The number of hydrogen-bond donors (Lipinski definition) is 2. The second-order valence-electron chi connectivity index (χ2n) is 3.95. The van der Waals surface area contributed by atoms with E-state index in [9.17, 15) is 5.11 Å². The van der Waals surface area contributed by atoms with E-state index in [4.69, 9.17) is 15.2 Å². The summed E-state index contributed by atoms with van der Waals surface area (Å²) in [4.78, 5) is 0. The molecule has 0 amide bonds. The van der Waals surface area contributed by atoms with E-state index in [1.807, 2.05) is 13.8 Å². The summed E-state index contributed by atoms with van der Waals surface area (Å²) in [5, 5.41) is 9.63. The molecule has 3 N–H and O–H groups in total. The zero-order valence-electron chi connectivity index (χ0n) is 7.77. The van der Waals surface area contributed by atoms with Gasteiger partial charge in [-0.05, 0) is 13.8 Å². The first-order valence-electron chi connectivity index (χ1n) is 4.40. The number of ether oxygens (including phenoxy) is 2. The number of thioether (sulfide) groups is 1. The predicted octanol–water partition coefficient (Wildman–Crippen LogP) is -0.101. The summed E-state index contributed by atoms with van der Waals surface area (Å²) in [6.45, 7) is 3.69. The standard InChI is InChI=1S/C8H15NO3S/c1-8(2)11-5-4(9)3-13-7(10)6(5)12-8/h4-7,10H,3,9H2,1-2H3. The maximum Gasteiger partial charge on any atom is 0.164 e. The van der Waals surface area contributed by atoms with Crippen LogP contribution in [0.25, 0.3) is 0 Å². The van der Waals surface area contributed by atoms with Crippen molar-refractivity contribution in [2.24, 2.45) is 5.73 Å². The van der Waals surface area contributed by atoms with E-state index in [1.54, 1.807) is 0 Å². The van der Waals surface area contributed by atoms with Crippen LogP contribution in [-0.4, -0.2) is 40.3 Å². The zero-order chi connectivity index (χ0) is 9.64. The van der Waals surface area contributed by atoms with E-state index in [2.05, 4.69) is 0 Å². The molecule has 0 aromatic rings. The number of nitrogens with two attached hydrogens (primary N) is 1. The summed E-state index contributed by atoms with van der Waals surface area (Å²) in [7, 11) is 0. The summed E-state index contributed by atoms with van der Waals surface area (Å²) in [6.07, 6.45) is -0.435. The van der Waals surface area contributed by atoms with Crippen LogP contribution in [0.15, 0.2) is 0 Å². The number of aliphatic hydroxyl groups is 1. The molecule has 0 bridgehead atoms. The van der Waals surface area contributed by atoms with Crippen LogP contribution in [0.1, 0.15) is 13.8 Å². The highest BCUT2D eigenvalue weighted by atomic mass is 32.2. The molecule has 2 fully saturated rings. The van der Waals surface area contributed by atoms with Gasteiger partial charge in [0.15, 0.2) is 5.79 Å². The number of rotatable bonds is 0. The third kappa shape index (κ3) is 1.71. The minimum absolute atomic E-state index is 0.0415. The molecule has 76 valence electrons. The largest absolute Gasteiger partial charge is 0.380 e. The van der Waals surface area contributed by atoms with Crippen molar-refractivity contribution in [2.45, 2.75) is 43.3 Å². The fourth-order valence-electron chi connectivity index (χ4n) is 1.77. The van der Waals surface area contributed by atoms with Gasteiger partial charge in [-0.15, -0.1) is 11.8 Å². The van der Waals surface area contributed by atoms with Crippen LogP contribution in [0.5, 0.6) is 0 Å². The third-order valence-electron chi connectivity index (χ3n) is 2.33. The quantitative estimate of drug-likeness (QED) is 0.578. The lowest BCUT2D eigenvalue weighted by atomic mass is 10.1. The van der Waals surface area contributed by atoms with Crippen molar-refractivity contribution >= 4 is 11.8 Å². The van der Waals surface area contributed by atoms with Crippen LogP contribution in [0.2, 0.25) is 0 Å². The van der Waals surface area contributed by atoms with Gasteiger partial charge in [0.2, 0.25) is 0 Å². The van der Waals surface area contributed by atoms with Crippen LogP contribution in [0.4, 0.5) is 0 Å². The Balaban J connectivity index is 2.14. The molecule has 0 aliphatic carbocycles. The van der Waals surface area contributed by atoms with Crippen molar-refractivity contribution < 1.29 is 14.6 Å². The monoisotopic (exact) mass is 205 g/mol. The Morgan fingerprint density at radius 2 is 2.00 bits per heavy atom. The molecule has 2 aliphatic heterocycles. The van der Waals surface area contributed by atoms with Crippen LogP contribution >= 0.6 is 11.8 Å². The second-order valence-corrected chi connectivity index (χ2v) is 5.10. The fourth-order valence-corrected chi connectivity index (χ4v) is 2.78. The van der Waals surface area contributed by atoms with Gasteiger partial charge in [-0.25, -0.2) is 0 Å². The molecule has 4 nitrogen and oxygen atoms in total. The Bertz CT molecular complexity index is 192. The first-order chi connectivity index (χ1) is 5.99. The lowest BCUT2D eigenvalue weighted by Crippen LogP contribution is -2.51. The molecular formula is C8H15NO3S. The van der Waals surface area contributed by atoms with E-state index in [0.717, 1.165) is 5.75 Å². The molecule has 2 rings (SSSR count). The summed E-state index contributed by atoms with van der Waals surface area (Å²) in [6, 6.07) is -0.0415. The van der Waals surface area contributed by atoms with Crippen molar-refractivity contribution in [1.82, 2.24) is 0 Å². The van der Waals surface area contributed by atoms with Gasteiger partial charge in [-0.1, -0.05) is 0 Å². The van der Waals surface area contributed by atoms with E-state index in [0.29, 0.717) is 0 Å². The maximum absolute atomic E-state index is 9.63.